The molecule has 0 saturated heterocycles. The number of likely N-dealkylation sites (N-methyl/N-ethyl adjacent to an activating group) is 1. The summed E-state index contributed by atoms with van der Waals surface area (Å²) in [5, 5.41) is 13.0. The van der Waals surface area contributed by atoms with Gasteiger partial charge in [0, 0.05) is 12.1 Å². The Morgan fingerprint density at radius 1 is 1.39 bits per heavy atom. The van der Waals surface area contributed by atoms with Crippen LogP contribution in [0.15, 0.2) is 0 Å². The van der Waals surface area contributed by atoms with Crippen LogP contribution in [0.3, 0.4) is 0 Å². The Kier molecular flexibility index (Phi) is 5.63. The fraction of sp³-hybridized carbons (Fsp3) is 1.00. The fourth-order valence-corrected chi connectivity index (χ4v) is 3.45. The molecule has 2 N–H and O–H groups in total. The van der Waals surface area contributed by atoms with Gasteiger partial charge in [0.2, 0.25) is 0 Å². The van der Waals surface area contributed by atoms with Gasteiger partial charge in [0.15, 0.2) is 0 Å². The molecule has 2 unspecified atom stereocenters. The summed E-state index contributed by atoms with van der Waals surface area (Å²) in [4.78, 5) is 2.43. The van der Waals surface area contributed by atoms with Gasteiger partial charge in [0.25, 0.3) is 0 Å². The lowest BCUT2D eigenvalue weighted by Crippen LogP contribution is -2.50. The van der Waals surface area contributed by atoms with Crippen molar-refractivity contribution in [3.63, 3.8) is 0 Å². The largest absolute Gasteiger partial charge is 0.394 e. The highest BCUT2D eigenvalue weighted by Gasteiger charge is 2.40. The summed E-state index contributed by atoms with van der Waals surface area (Å²) in [6.07, 6.45) is 4.81. The van der Waals surface area contributed by atoms with Crippen molar-refractivity contribution in [1.29, 1.82) is 0 Å². The average Bonchev–Trinajstić information content (AvgIpc) is 2.67. The van der Waals surface area contributed by atoms with Crippen LogP contribution in [0.25, 0.3) is 0 Å². The number of aliphatic hydroxyl groups is 1. The molecule has 0 spiro atoms. The normalized spacial score (nSPS) is 29.2. The van der Waals surface area contributed by atoms with E-state index in [1.807, 2.05) is 7.05 Å². The van der Waals surface area contributed by atoms with Gasteiger partial charge >= 0.3 is 0 Å². The Morgan fingerprint density at radius 2 is 2.06 bits per heavy atom. The number of nitrogens with zero attached hydrogens (tertiary/aromatic N) is 1. The van der Waals surface area contributed by atoms with Gasteiger partial charge in [-0.05, 0) is 51.2 Å². The first-order valence-corrected chi connectivity index (χ1v) is 7.31. The monoisotopic (exact) mass is 256 g/mol. The molecule has 0 aromatic rings. The zero-order valence-corrected chi connectivity index (χ0v) is 12.9. The number of hydrogen-bond acceptors (Lipinski definition) is 3. The Balaban J connectivity index is 2.43. The van der Waals surface area contributed by atoms with E-state index < -0.39 is 0 Å². The maximum absolute atomic E-state index is 9.66. The number of rotatable bonds is 6. The van der Waals surface area contributed by atoms with E-state index in [9.17, 15) is 5.11 Å². The van der Waals surface area contributed by atoms with E-state index in [2.05, 4.69) is 38.0 Å². The Morgan fingerprint density at radius 3 is 2.56 bits per heavy atom. The second-order valence-corrected chi connectivity index (χ2v) is 7.24. The minimum absolute atomic E-state index is 0.0113. The lowest BCUT2D eigenvalue weighted by atomic mass is 9.85. The van der Waals surface area contributed by atoms with Gasteiger partial charge in [0.1, 0.15) is 0 Å². The summed E-state index contributed by atoms with van der Waals surface area (Å²) in [5.74, 6) is 0.620. The quantitative estimate of drug-likeness (QED) is 0.764. The SMILES string of the molecule is CNC1(CO)CCCC1CCN(C)CC(C)(C)C. The molecule has 1 saturated carbocycles. The molecule has 108 valence electrons. The summed E-state index contributed by atoms with van der Waals surface area (Å²) in [5.41, 5.74) is 0.351. The third-order valence-corrected chi connectivity index (χ3v) is 4.34. The molecular formula is C15H32N2O. The smallest absolute Gasteiger partial charge is 0.0615 e. The second-order valence-electron chi connectivity index (χ2n) is 7.24. The molecule has 1 aliphatic rings. The van der Waals surface area contributed by atoms with Gasteiger partial charge in [-0.2, -0.15) is 0 Å². The van der Waals surface area contributed by atoms with Crippen LogP contribution in [0, 0.1) is 11.3 Å². The van der Waals surface area contributed by atoms with Crippen LogP contribution in [0.5, 0.6) is 0 Å². The van der Waals surface area contributed by atoms with Crippen molar-refractivity contribution in [3.05, 3.63) is 0 Å². The summed E-state index contributed by atoms with van der Waals surface area (Å²) in [7, 11) is 4.20. The molecule has 2 atom stereocenters. The highest BCUT2D eigenvalue weighted by Crippen LogP contribution is 2.37. The van der Waals surface area contributed by atoms with Crippen LogP contribution in [0.2, 0.25) is 0 Å². The summed E-state index contributed by atoms with van der Waals surface area (Å²) >= 11 is 0. The van der Waals surface area contributed by atoms with Gasteiger partial charge in [-0.1, -0.05) is 27.2 Å². The zero-order valence-electron chi connectivity index (χ0n) is 12.9. The third kappa shape index (κ3) is 4.22. The van der Waals surface area contributed by atoms with E-state index in [0.717, 1.165) is 19.5 Å². The Labute approximate surface area is 113 Å². The fourth-order valence-electron chi connectivity index (χ4n) is 3.45. The van der Waals surface area contributed by atoms with Crippen LogP contribution in [-0.2, 0) is 0 Å². The lowest BCUT2D eigenvalue weighted by molar-refractivity contribution is 0.116. The van der Waals surface area contributed by atoms with Gasteiger partial charge in [-0.25, -0.2) is 0 Å². The maximum Gasteiger partial charge on any atom is 0.0615 e. The van der Waals surface area contributed by atoms with E-state index in [4.69, 9.17) is 0 Å². The van der Waals surface area contributed by atoms with Gasteiger partial charge < -0.3 is 15.3 Å². The standard InChI is InChI=1S/C15H32N2O/c1-14(2,3)11-17(5)10-8-13-7-6-9-15(13,12-18)16-4/h13,16,18H,6-12H2,1-5H3. The molecule has 0 amide bonds. The molecule has 0 aromatic heterocycles. The molecule has 0 aromatic carbocycles. The molecule has 1 aliphatic carbocycles. The lowest BCUT2D eigenvalue weighted by Gasteiger charge is -2.35. The van der Waals surface area contributed by atoms with Crippen molar-refractivity contribution in [3.8, 4) is 0 Å². The predicted octanol–water partition coefficient (Wildman–Crippen LogP) is 2.10. The molecule has 0 aliphatic heterocycles. The van der Waals surface area contributed by atoms with Crippen molar-refractivity contribution in [1.82, 2.24) is 10.2 Å². The van der Waals surface area contributed by atoms with Crippen molar-refractivity contribution in [2.24, 2.45) is 11.3 Å². The molecule has 1 rings (SSSR count). The van der Waals surface area contributed by atoms with Gasteiger partial charge in [-0.3, -0.25) is 0 Å². The maximum atomic E-state index is 9.66. The molecule has 3 heteroatoms. The van der Waals surface area contributed by atoms with Crippen molar-refractivity contribution >= 4 is 0 Å². The minimum Gasteiger partial charge on any atom is -0.394 e. The molecule has 1 fully saturated rings. The second kappa shape index (κ2) is 6.36. The highest BCUT2D eigenvalue weighted by molar-refractivity contribution is 4.98. The molecule has 0 heterocycles. The van der Waals surface area contributed by atoms with Gasteiger partial charge in [-0.15, -0.1) is 0 Å². The highest BCUT2D eigenvalue weighted by atomic mass is 16.3. The minimum atomic E-state index is -0.0113. The molecule has 0 radical (unpaired) electrons. The first-order chi connectivity index (χ1) is 8.33. The summed E-state index contributed by atoms with van der Waals surface area (Å²) < 4.78 is 0. The number of aliphatic hydroxyl groups excluding tert-OH is 1. The van der Waals surface area contributed by atoms with Crippen molar-refractivity contribution in [2.45, 2.75) is 52.0 Å². The third-order valence-electron chi connectivity index (χ3n) is 4.34. The Hall–Kier alpha value is -0.120. The van der Waals surface area contributed by atoms with Gasteiger partial charge in [0.05, 0.1) is 6.61 Å². The van der Waals surface area contributed by atoms with Crippen LogP contribution in [0.1, 0.15) is 46.5 Å². The van der Waals surface area contributed by atoms with Crippen molar-refractivity contribution in [2.75, 3.05) is 33.8 Å². The van der Waals surface area contributed by atoms with E-state index in [-0.39, 0.29) is 12.1 Å². The van der Waals surface area contributed by atoms with Crippen LogP contribution in [0.4, 0.5) is 0 Å². The average molecular weight is 256 g/mol. The van der Waals surface area contributed by atoms with Crippen LogP contribution in [-0.4, -0.2) is 49.3 Å². The summed E-state index contributed by atoms with van der Waals surface area (Å²) in [6, 6.07) is 0. The van der Waals surface area contributed by atoms with E-state index in [1.54, 1.807) is 0 Å². The zero-order chi connectivity index (χ0) is 13.8. The molecule has 3 nitrogen and oxygen atoms in total. The predicted molar refractivity (Wildman–Crippen MR) is 77.8 cm³/mol. The van der Waals surface area contributed by atoms with Crippen LogP contribution < -0.4 is 5.32 Å². The van der Waals surface area contributed by atoms with Crippen LogP contribution >= 0.6 is 0 Å². The molecule has 18 heavy (non-hydrogen) atoms. The first-order valence-electron chi connectivity index (χ1n) is 7.31. The molecular weight excluding hydrogens is 224 g/mol. The number of hydrogen-bond donors (Lipinski definition) is 2. The van der Waals surface area contributed by atoms with E-state index in [1.165, 1.54) is 19.3 Å². The topological polar surface area (TPSA) is 35.5 Å². The number of nitrogens with one attached hydrogen (secondary N) is 1. The molecule has 0 bridgehead atoms. The van der Waals surface area contributed by atoms with Crippen molar-refractivity contribution < 1.29 is 5.11 Å². The van der Waals surface area contributed by atoms with E-state index >= 15 is 0 Å². The Bertz CT molecular complexity index is 243. The van der Waals surface area contributed by atoms with E-state index in [0.29, 0.717) is 11.3 Å². The summed E-state index contributed by atoms with van der Waals surface area (Å²) in [6.45, 7) is 9.38. The first kappa shape index (κ1) is 15.9.